The highest BCUT2D eigenvalue weighted by atomic mass is 16.5. The number of esters is 1. The molecule has 0 saturated heterocycles. The van der Waals surface area contributed by atoms with Crippen molar-refractivity contribution in [1.82, 2.24) is 0 Å². The van der Waals surface area contributed by atoms with E-state index >= 15 is 0 Å². The molecule has 1 aromatic rings. The molecule has 3 nitrogen and oxygen atoms in total. The van der Waals surface area contributed by atoms with E-state index in [1.165, 1.54) is 0 Å². The first-order valence-electron chi connectivity index (χ1n) is 6.85. The van der Waals surface area contributed by atoms with Crippen LogP contribution in [0.15, 0.2) is 30.3 Å². The quantitative estimate of drug-likeness (QED) is 0.666. The molecule has 3 heteroatoms. The Morgan fingerprint density at radius 2 is 2.05 bits per heavy atom. The van der Waals surface area contributed by atoms with Gasteiger partial charge >= 0.3 is 5.97 Å². The van der Waals surface area contributed by atoms with Crippen LogP contribution in [0.4, 0.5) is 0 Å². The smallest absolute Gasteiger partial charge is 0.309 e. The molecule has 1 aromatic carbocycles. The highest BCUT2D eigenvalue weighted by Crippen LogP contribution is 2.17. The summed E-state index contributed by atoms with van der Waals surface area (Å²) >= 11 is 0. The van der Waals surface area contributed by atoms with Gasteiger partial charge in [-0.15, -0.1) is 0 Å². The number of ether oxygens (including phenoxy) is 1. The lowest BCUT2D eigenvalue weighted by atomic mass is 9.97. The van der Waals surface area contributed by atoms with Crippen molar-refractivity contribution in [3.63, 3.8) is 0 Å². The fourth-order valence-corrected chi connectivity index (χ4v) is 1.92. The lowest BCUT2D eigenvalue weighted by molar-refractivity contribution is -0.150. The average Bonchev–Trinajstić information content (AvgIpc) is 2.46. The lowest BCUT2D eigenvalue weighted by Gasteiger charge is -2.14. The monoisotopic (exact) mass is 259 g/mol. The number of carbonyl (C=O) groups is 1. The molecule has 0 aliphatic heterocycles. The predicted octanol–water partition coefficient (Wildman–Crippen LogP) is 3.84. The largest absolute Gasteiger partial charge is 0.461 e. The number of unbranched alkanes of at least 4 members (excludes halogenated alkanes) is 1. The maximum Gasteiger partial charge on any atom is 0.309 e. The van der Waals surface area contributed by atoms with E-state index in [2.05, 4.69) is 13.0 Å². The molecule has 1 atom stereocenters. The first kappa shape index (κ1) is 15.2. The van der Waals surface area contributed by atoms with Crippen LogP contribution in [0.1, 0.15) is 44.6 Å². The molecule has 0 heterocycles. The molecule has 102 valence electrons. The molecule has 0 radical (unpaired) electrons. The number of benzene rings is 1. The Morgan fingerprint density at radius 3 is 2.68 bits per heavy atom. The summed E-state index contributed by atoms with van der Waals surface area (Å²) in [5.74, 6) is -0.309. The SMILES string of the molecule is CCCCC(CCC#N)C(=O)OCc1ccccc1. The van der Waals surface area contributed by atoms with Gasteiger partial charge in [0.25, 0.3) is 0 Å². The van der Waals surface area contributed by atoms with E-state index in [1.54, 1.807) is 0 Å². The molecular formula is C16H21NO2. The lowest BCUT2D eigenvalue weighted by Crippen LogP contribution is -2.17. The van der Waals surface area contributed by atoms with E-state index in [0.717, 1.165) is 24.8 Å². The van der Waals surface area contributed by atoms with Gasteiger partial charge in [-0.1, -0.05) is 50.1 Å². The zero-order valence-electron chi connectivity index (χ0n) is 11.5. The molecule has 0 spiro atoms. The minimum absolute atomic E-state index is 0.136. The van der Waals surface area contributed by atoms with E-state index in [1.807, 2.05) is 30.3 Å². The van der Waals surface area contributed by atoms with Crippen molar-refractivity contribution in [3.8, 4) is 6.07 Å². The van der Waals surface area contributed by atoms with Crippen molar-refractivity contribution in [1.29, 1.82) is 5.26 Å². The van der Waals surface area contributed by atoms with Crippen LogP contribution in [-0.2, 0) is 16.1 Å². The average molecular weight is 259 g/mol. The third-order valence-corrected chi connectivity index (χ3v) is 3.07. The summed E-state index contributed by atoms with van der Waals surface area (Å²) in [7, 11) is 0. The second kappa shape index (κ2) is 9.16. The number of nitriles is 1. The number of rotatable bonds is 8. The van der Waals surface area contributed by atoms with Gasteiger partial charge in [-0.05, 0) is 18.4 Å². The van der Waals surface area contributed by atoms with Crippen molar-refractivity contribution >= 4 is 5.97 Å². The van der Waals surface area contributed by atoms with Crippen LogP contribution < -0.4 is 0 Å². The molecule has 0 aliphatic rings. The van der Waals surface area contributed by atoms with Gasteiger partial charge in [0.05, 0.1) is 12.0 Å². The Hall–Kier alpha value is -1.82. The van der Waals surface area contributed by atoms with Crippen LogP contribution in [0.25, 0.3) is 0 Å². The van der Waals surface area contributed by atoms with Crippen molar-refractivity contribution in [3.05, 3.63) is 35.9 Å². The summed E-state index contributed by atoms with van der Waals surface area (Å²) in [6.07, 6.45) is 3.87. The Bertz CT molecular complexity index is 409. The second-order valence-electron chi connectivity index (χ2n) is 4.63. The Kier molecular flexibility index (Phi) is 7.34. The summed E-state index contributed by atoms with van der Waals surface area (Å²) in [5, 5.41) is 8.63. The Morgan fingerprint density at radius 1 is 1.32 bits per heavy atom. The van der Waals surface area contributed by atoms with Crippen LogP contribution in [-0.4, -0.2) is 5.97 Å². The van der Waals surface area contributed by atoms with E-state index < -0.39 is 0 Å². The summed E-state index contributed by atoms with van der Waals surface area (Å²) in [5.41, 5.74) is 0.991. The zero-order chi connectivity index (χ0) is 13.9. The molecular weight excluding hydrogens is 238 g/mol. The van der Waals surface area contributed by atoms with Crippen LogP contribution in [0, 0.1) is 17.2 Å². The molecule has 0 amide bonds. The number of carbonyl (C=O) groups excluding carboxylic acids is 1. The maximum atomic E-state index is 12.0. The molecule has 0 aliphatic carbocycles. The summed E-state index contributed by atoms with van der Waals surface area (Å²) in [6, 6.07) is 11.7. The summed E-state index contributed by atoms with van der Waals surface area (Å²) in [6.45, 7) is 2.41. The van der Waals surface area contributed by atoms with Gasteiger partial charge in [0.15, 0.2) is 0 Å². The number of hydrogen-bond acceptors (Lipinski definition) is 3. The van der Waals surface area contributed by atoms with E-state index in [9.17, 15) is 4.79 Å². The zero-order valence-corrected chi connectivity index (χ0v) is 11.5. The summed E-state index contributed by atoms with van der Waals surface area (Å²) in [4.78, 5) is 12.0. The van der Waals surface area contributed by atoms with Gasteiger partial charge in [-0.3, -0.25) is 4.79 Å². The summed E-state index contributed by atoms with van der Waals surface area (Å²) < 4.78 is 5.34. The van der Waals surface area contributed by atoms with Crippen LogP contribution in [0.5, 0.6) is 0 Å². The van der Waals surface area contributed by atoms with E-state index in [-0.39, 0.29) is 11.9 Å². The molecule has 0 bridgehead atoms. The van der Waals surface area contributed by atoms with Crippen LogP contribution in [0.2, 0.25) is 0 Å². The third kappa shape index (κ3) is 6.05. The molecule has 1 rings (SSSR count). The maximum absolute atomic E-state index is 12.0. The van der Waals surface area contributed by atoms with Gasteiger partial charge in [-0.2, -0.15) is 5.26 Å². The molecule has 1 unspecified atom stereocenters. The van der Waals surface area contributed by atoms with Gasteiger partial charge in [0.2, 0.25) is 0 Å². The third-order valence-electron chi connectivity index (χ3n) is 3.07. The van der Waals surface area contributed by atoms with Crippen molar-refractivity contribution in [2.45, 2.75) is 45.6 Å². The second-order valence-corrected chi connectivity index (χ2v) is 4.63. The Balaban J connectivity index is 2.44. The fraction of sp³-hybridized carbons (Fsp3) is 0.500. The first-order valence-corrected chi connectivity index (χ1v) is 6.85. The molecule has 0 N–H and O–H groups in total. The standard InChI is InChI=1S/C16H21NO2/c1-2-3-10-15(11-7-12-17)16(18)19-13-14-8-5-4-6-9-14/h4-6,8-9,15H,2-3,7,10-11,13H2,1H3. The normalized spacial score (nSPS) is 11.6. The van der Waals surface area contributed by atoms with Crippen molar-refractivity contribution in [2.75, 3.05) is 0 Å². The molecule has 0 fully saturated rings. The van der Waals surface area contributed by atoms with Gasteiger partial charge < -0.3 is 4.74 Å². The number of nitrogens with zero attached hydrogens (tertiary/aromatic N) is 1. The van der Waals surface area contributed by atoms with Crippen LogP contribution >= 0.6 is 0 Å². The van der Waals surface area contributed by atoms with Crippen molar-refractivity contribution < 1.29 is 9.53 Å². The van der Waals surface area contributed by atoms with E-state index in [4.69, 9.17) is 10.00 Å². The van der Waals surface area contributed by atoms with Gasteiger partial charge in [-0.25, -0.2) is 0 Å². The van der Waals surface area contributed by atoms with Crippen LogP contribution in [0.3, 0.4) is 0 Å². The van der Waals surface area contributed by atoms with E-state index in [0.29, 0.717) is 19.4 Å². The Labute approximate surface area is 115 Å². The molecule has 0 saturated carbocycles. The predicted molar refractivity (Wildman–Crippen MR) is 74.1 cm³/mol. The minimum atomic E-state index is -0.174. The topological polar surface area (TPSA) is 50.1 Å². The van der Waals surface area contributed by atoms with Crippen molar-refractivity contribution in [2.24, 2.45) is 5.92 Å². The molecule has 19 heavy (non-hydrogen) atoms. The first-order chi connectivity index (χ1) is 9.27. The highest BCUT2D eigenvalue weighted by Gasteiger charge is 2.19. The fourth-order valence-electron chi connectivity index (χ4n) is 1.92. The van der Waals surface area contributed by atoms with Gasteiger partial charge in [0.1, 0.15) is 6.61 Å². The van der Waals surface area contributed by atoms with Gasteiger partial charge in [0, 0.05) is 6.42 Å². The minimum Gasteiger partial charge on any atom is -0.461 e. The number of hydrogen-bond donors (Lipinski definition) is 0. The highest BCUT2D eigenvalue weighted by molar-refractivity contribution is 5.72. The molecule has 0 aromatic heterocycles.